The smallest absolute Gasteiger partial charge is 0.246 e. The summed E-state index contributed by atoms with van der Waals surface area (Å²) < 4.78 is 66.6. The van der Waals surface area contributed by atoms with E-state index in [-0.39, 0.29) is 31.8 Å². The second-order valence-corrected chi connectivity index (χ2v) is 8.61. The second kappa shape index (κ2) is 7.92. The van der Waals surface area contributed by atoms with E-state index >= 15 is 0 Å². The minimum absolute atomic E-state index is 0.0127. The number of nitrogens with one attached hydrogen (secondary N) is 1. The van der Waals surface area contributed by atoms with Crippen LogP contribution in [0.25, 0.3) is 0 Å². The van der Waals surface area contributed by atoms with Gasteiger partial charge in [0, 0.05) is 24.7 Å². The van der Waals surface area contributed by atoms with E-state index in [0.29, 0.717) is 17.3 Å². The fourth-order valence-corrected chi connectivity index (χ4v) is 4.72. The van der Waals surface area contributed by atoms with Crippen LogP contribution in [0.4, 0.5) is 18.9 Å². The molecule has 1 aliphatic rings. The first-order chi connectivity index (χ1) is 13.2. The molecule has 2 aromatic rings. The maximum Gasteiger partial charge on any atom is 0.246 e. The summed E-state index contributed by atoms with van der Waals surface area (Å²) in [4.78, 5) is 11.7. The summed E-state index contributed by atoms with van der Waals surface area (Å²) in [5.74, 6) is -2.99. The van der Waals surface area contributed by atoms with Gasteiger partial charge in [0.1, 0.15) is 22.3 Å². The molecule has 0 radical (unpaired) electrons. The SMILES string of the molecule is Cc1cc(F)ccc1NC(=O)C1CCN(S(=O)(=O)c2cc(F)ccc2F)CC1. The van der Waals surface area contributed by atoms with Gasteiger partial charge in [0.05, 0.1) is 0 Å². The van der Waals surface area contributed by atoms with Crippen LogP contribution in [0, 0.1) is 30.3 Å². The average molecular weight is 412 g/mol. The summed E-state index contributed by atoms with van der Waals surface area (Å²) in [5.41, 5.74) is 1.07. The van der Waals surface area contributed by atoms with Crippen LogP contribution in [-0.2, 0) is 14.8 Å². The zero-order valence-electron chi connectivity index (χ0n) is 15.1. The first-order valence-corrected chi connectivity index (χ1v) is 10.1. The van der Waals surface area contributed by atoms with E-state index in [0.717, 1.165) is 16.4 Å². The Labute approximate surface area is 161 Å². The van der Waals surface area contributed by atoms with Crippen molar-refractivity contribution >= 4 is 21.6 Å². The normalized spacial score (nSPS) is 16.1. The zero-order valence-corrected chi connectivity index (χ0v) is 15.9. The fraction of sp³-hybridized carbons (Fsp3) is 0.316. The van der Waals surface area contributed by atoms with Crippen LogP contribution in [0.3, 0.4) is 0 Å². The van der Waals surface area contributed by atoms with Gasteiger partial charge >= 0.3 is 0 Å². The highest BCUT2D eigenvalue weighted by molar-refractivity contribution is 7.89. The van der Waals surface area contributed by atoms with Crippen LogP contribution in [0.1, 0.15) is 18.4 Å². The second-order valence-electron chi connectivity index (χ2n) is 6.70. The van der Waals surface area contributed by atoms with E-state index in [2.05, 4.69) is 5.32 Å². The van der Waals surface area contributed by atoms with Crippen LogP contribution >= 0.6 is 0 Å². The van der Waals surface area contributed by atoms with E-state index in [1.54, 1.807) is 6.92 Å². The number of halogens is 3. The molecule has 1 aliphatic heterocycles. The minimum Gasteiger partial charge on any atom is -0.326 e. The Bertz CT molecular complexity index is 1000. The number of hydrogen-bond acceptors (Lipinski definition) is 3. The van der Waals surface area contributed by atoms with Gasteiger partial charge in [-0.05, 0) is 61.7 Å². The Morgan fingerprint density at radius 2 is 1.64 bits per heavy atom. The van der Waals surface area contributed by atoms with Gasteiger partial charge in [-0.25, -0.2) is 21.6 Å². The molecular formula is C19H19F3N2O3S. The van der Waals surface area contributed by atoms with E-state index in [9.17, 15) is 26.4 Å². The third kappa shape index (κ3) is 4.20. The molecular weight excluding hydrogens is 393 g/mol. The number of carbonyl (C=O) groups is 1. The van der Waals surface area contributed by atoms with Gasteiger partial charge in [0.2, 0.25) is 15.9 Å². The van der Waals surface area contributed by atoms with Crippen LogP contribution < -0.4 is 5.32 Å². The molecule has 0 aromatic heterocycles. The maximum absolute atomic E-state index is 13.9. The molecule has 1 amide bonds. The van der Waals surface area contributed by atoms with Crippen molar-refractivity contribution in [1.29, 1.82) is 0 Å². The third-order valence-corrected chi connectivity index (χ3v) is 6.70. The number of nitrogens with zero attached hydrogens (tertiary/aromatic N) is 1. The van der Waals surface area contributed by atoms with Gasteiger partial charge in [-0.2, -0.15) is 4.31 Å². The molecule has 3 rings (SSSR count). The molecule has 1 N–H and O–H groups in total. The minimum atomic E-state index is -4.19. The van der Waals surface area contributed by atoms with Crippen molar-refractivity contribution in [2.75, 3.05) is 18.4 Å². The molecule has 0 atom stereocenters. The molecule has 28 heavy (non-hydrogen) atoms. The number of hydrogen-bond donors (Lipinski definition) is 1. The van der Waals surface area contributed by atoms with Crippen molar-refractivity contribution in [2.45, 2.75) is 24.7 Å². The summed E-state index contributed by atoms with van der Waals surface area (Å²) in [6, 6.07) is 6.29. The standard InChI is InChI=1S/C19H19F3N2O3S/c1-12-10-14(20)3-5-17(12)23-19(25)13-6-8-24(9-7-13)28(26,27)18-11-15(21)2-4-16(18)22/h2-5,10-11,13H,6-9H2,1H3,(H,23,25). The lowest BCUT2D eigenvalue weighted by atomic mass is 9.97. The number of piperidine rings is 1. The van der Waals surface area contributed by atoms with Gasteiger partial charge in [-0.3, -0.25) is 4.79 Å². The van der Waals surface area contributed by atoms with Crippen molar-refractivity contribution in [1.82, 2.24) is 4.31 Å². The molecule has 0 bridgehead atoms. The predicted octanol–water partition coefficient (Wildman–Crippen LogP) is 3.45. The van der Waals surface area contributed by atoms with Crippen molar-refractivity contribution in [3.8, 4) is 0 Å². The third-order valence-electron chi connectivity index (χ3n) is 4.78. The van der Waals surface area contributed by atoms with Gasteiger partial charge < -0.3 is 5.32 Å². The lowest BCUT2D eigenvalue weighted by Gasteiger charge is -2.30. The molecule has 2 aromatic carbocycles. The molecule has 9 heteroatoms. The quantitative estimate of drug-likeness (QED) is 0.837. The average Bonchev–Trinajstić information content (AvgIpc) is 2.66. The van der Waals surface area contributed by atoms with Gasteiger partial charge in [0.15, 0.2) is 0 Å². The van der Waals surface area contributed by atoms with Crippen molar-refractivity contribution in [3.63, 3.8) is 0 Å². The maximum atomic E-state index is 13.9. The number of rotatable bonds is 4. The Hall–Kier alpha value is -2.39. The highest BCUT2D eigenvalue weighted by Crippen LogP contribution is 2.27. The van der Waals surface area contributed by atoms with Crippen LogP contribution in [0.15, 0.2) is 41.3 Å². The van der Waals surface area contributed by atoms with Gasteiger partial charge in [0.25, 0.3) is 0 Å². The molecule has 5 nitrogen and oxygen atoms in total. The van der Waals surface area contributed by atoms with Crippen molar-refractivity contribution in [2.24, 2.45) is 5.92 Å². The lowest BCUT2D eigenvalue weighted by Crippen LogP contribution is -2.41. The van der Waals surface area contributed by atoms with Gasteiger partial charge in [-0.15, -0.1) is 0 Å². The molecule has 0 unspecified atom stereocenters. The topological polar surface area (TPSA) is 66.5 Å². The molecule has 1 heterocycles. The Kier molecular flexibility index (Phi) is 5.76. The number of amides is 1. The largest absolute Gasteiger partial charge is 0.326 e. The Morgan fingerprint density at radius 1 is 1.04 bits per heavy atom. The summed E-state index contributed by atoms with van der Waals surface area (Å²) in [6.07, 6.45) is 0.477. The highest BCUT2D eigenvalue weighted by atomic mass is 32.2. The van der Waals surface area contributed by atoms with Crippen molar-refractivity contribution in [3.05, 3.63) is 59.4 Å². The van der Waals surface area contributed by atoms with Crippen LogP contribution in [0.5, 0.6) is 0 Å². The molecule has 1 saturated heterocycles. The van der Waals surface area contributed by atoms with E-state index in [1.165, 1.54) is 18.2 Å². The monoisotopic (exact) mass is 412 g/mol. The van der Waals surface area contributed by atoms with Crippen LogP contribution in [0.2, 0.25) is 0 Å². The number of anilines is 1. The number of aryl methyl sites for hydroxylation is 1. The summed E-state index contributed by atoms with van der Waals surface area (Å²) in [7, 11) is -4.19. The predicted molar refractivity (Wildman–Crippen MR) is 97.6 cm³/mol. The number of benzene rings is 2. The first-order valence-electron chi connectivity index (χ1n) is 8.70. The molecule has 1 fully saturated rings. The summed E-state index contributed by atoms with van der Waals surface area (Å²) in [5, 5.41) is 2.73. The first kappa shape index (κ1) is 20.3. The number of carbonyl (C=O) groups excluding carboxylic acids is 1. The van der Waals surface area contributed by atoms with Crippen LogP contribution in [-0.4, -0.2) is 31.7 Å². The Morgan fingerprint density at radius 3 is 2.29 bits per heavy atom. The zero-order chi connectivity index (χ0) is 20.5. The molecule has 150 valence electrons. The summed E-state index contributed by atoms with van der Waals surface area (Å²) >= 11 is 0. The lowest BCUT2D eigenvalue weighted by molar-refractivity contribution is -0.120. The van der Waals surface area contributed by atoms with E-state index in [1.807, 2.05) is 0 Å². The molecule has 0 aliphatic carbocycles. The van der Waals surface area contributed by atoms with E-state index in [4.69, 9.17) is 0 Å². The number of sulfonamides is 1. The van der Waals surface area contributed by atoms with E-state index < -0.39 is 38.3 Å². The summed E-state index contributed by atoms with van der Waals surface area (Å²) in [6.45, 7) is 1.69. The van der Waals surface area contributed by atoms with Crippen molar-refractivity contribution < 1.29 is 26.4 Å². The highest BCUT2D eigenvalue weighted by Gasteiger charge is 2.33. The molecule has 0 spiro atoms. The Balaban J connectivity index is 1.66. The fourth-order valence-electron chi connectivity index (χ4n) is 3.17. The van der Waals surface area contributed by atoms with Gasteiger partial charge in [-0.1, -0.05) is 0 Å². The molecule has 0 saturated carbocycles.